The van der Waals surface area contributed by atoms with Crippen LogP contribution in [0, 0.1) is 0 Å². The molecule has 1 amide bonds. The highest BCUT2D eigenvalue weighted by Gasteiger charge is 2.41. The molecule has 0 unspecified atom stereocenters. The first-order valence-electron chi connectivity index (χ1n) is 12.6. The fourth-order valence-corrected chi connectivity index (χ4v) is 5.85. The Hall–Kier alpha value is -2.84. The molecule has 1 saturated heterocycles. The molecule has 3 aromatic rings. The van der Waals surface area contributed by atoms with E-state index < -0.39 is 63.7 Å². The molecule has 4 rings (SSSR count). The minimum absolute atomic E-state index is 0.0124. The molecule has 1 aliphatic heterocycles. The largest absolute Gasteiger partial charge is 0.416 e. The van der Waals surface area contributed by atoms with Crippen molar-refractivity contribution in [2.75, 3.05) is 26.3 Å². The van der Waals surface area contributed by atoms with Crippen molar-refractivity contribution in [3.05, 3.63) is 99.0 Å². The fraction of sp³-hybridized carbons (Fsp3) is 0.321. The van der Waals surface area contributed by atoms with Crippen LogP contribution in [0.2, 0.25) is 10.0 Å². The van der Waals surface area contributed by atoms with Gasteiger partial charge in [0, 0.05) is 13.0 Å². The average molecular weight is 670 g/mol. The summed E-state index contributed by atoms with van der Waals surface area (Å²) in [6, 6.07) is 12.8. The first-order valence-corrected chi connectivity index (χ1v) is 14.8. The molecular weight excluding hydrogens is 647 g/mol. The molecule has 232 valence electrons. The van der Waals surface area contributed by atoms with E-state index in [1.165, 1.54) is 41.3 Å². The summed E-state index contributed by atoms with van der Waals surface area (Å²) >= 11 is 12.3. The molecule has 1 atom stereocenters. The van der Waals surface area contributed by atoms with Gasteiger partial charge in [0.05, 0.1) is 52.2 Å². The van der Waals surface area contributed by atoms with Gasteiger partial charge in [0.1, 0.15) is 5.60 Å². The van der Waals surface area contributed by atoms with Gasteiger partial charge >= 0.3 is 12.4 Å². The number of rotatable bonds is 8. The van der Waals surface area contributed by atoms with Gasteiger partial charge in [0.15, 0.2) is 0 Å². The lowest BCUT2D eigenvalue weighted by molar-refractivity contribution is -0.155. The second-order valence-corrected chi connectivity index (χ2v) is 12.1. The van der Waals surface area contributed by atoms with Crippen LogP contribution in [-0.2, 0) is 48.2 Å². The Morgan fingerprint density at radius 3 is 2.12 bits per heavy atom. The summed E-state index contributed by atoms with van der Waals surface area (Å²) in [5.41, 5.74) is -4.54. The van der Waals surface area contributed by atoms with Crippen LogP contribution >= 0.6 is 23.2 Å². The average Bonchev–Trinajstić information content (AvgIpc) is 2.94. The SMILES string of the molecule is O=C(Cc1cc(C(F)(F)F)cc(C(F)(F)F)c1)N1CCO[C@](CCOS(=O)(=O)c2ccccc2)(c2ccc(Cl)c(Cl)c2)C1. The van der Waals surface area contributed by atoms with Crippen LogP contribution in [0.5, 0.6) is 0 Å². The number of hydrogen-bond acceptors (Lipinski definition) is 5. The van der Waals surface area contributed by atoms with E-state index in [0.717, 1.165) is 0 Å². The normalized spacial score (nSPS) is 18.1. The first-order chi connectivity index (χ1) is 20.0. The molecule has 0 saturated carbocycles. The molecular formula is C28H23Cl2F6NO5S. The van der Waals surface area contributed by atoms with Gasteiger partial charge in [-0.1, -0.05) is 47.5 Å². The molecule has 0 N–H and O–H groups in total. The minimum Gasteiger partial charge on any atom is -0.366 e. The molecule has 0 aromatic heterocycles. The molecule has 0 radical (unpaired) electrons. The van der Waals surface area contributed by atoms with E-state index in [0.29, 0.717) is 17.7 Å². The molecule has 0 bridgehead atoms. The molecule has 15 heteroatoms. The maximum atomic E-state index is 13.3. The highest BCUT2D eigenvalue weighted by atomic mass is 35.5. The Kier molecular flexibility index (Phi) is 9.72. The van der Waals surface area contributed by atoms with E-state index in [4.69, 9.17) is 32.1 Å². The summed E-state index contributed by atoms with van der Waals surface area (Å²) < 4.78 is 117. The zero-order chi connectivity index (χ0) is 31.6. The summed E-state index contributed by atoms with van der Waals surface area (Å²) in [7, 11) is -4.15. The van der Waals surface area contributed by atoms with Crippen LogP contribution < -0.4 is 0 Å². The third-order valence-corrected chi connectivity index (χ3v) is 8.83. The third kappa shape index (κ3) is 8.01. The highest BCUT2D eigenvalue weighted by Crippen LogP contribution is 2.39. The zero-order valence-corrected chi connectivity index (χ0v) is 24.3. The lowest BCUT2D eigenvalue weighted by Crippen LogP contribution is -2.52. The Bertz CT molecular complexity index is 1550. The molecule has 3 aromatic carbocycles. The van der Waals surface area contributed by atoms with Crippen LogP contribution in [0.3, 0.4) is 0 Å². The Balaban J connectivity index is 1.60. The number of amides is 1. The number of ether oxygens (including phenoxy) is 1. The Labute approximate surface area is 253 Å². The molecule has 43 heavy (non-hydrogen) atoms. The highest BCUT2D eigenvalue weighted by molar-refractivity contribution is 7.86. The van der Waals surface area contributed by atoms with E-state index >= 15 is 0 Å². The summed E-state index contributed by atoms with van der Waals surface area (Å²) in [6.45, 7) is -0.754. The van der Waals surface area contributed by atoms with Crippen molar-refractivity contribution in [1.82, 2.24) is 4.90 Å². The van der Waals surface area contributed by atoms with Gasteiger partial charge in [-0.2, -0.15) is 34.8 Å². The predicted octanol–water partition coefficient (Wildman–Crippen LogP) is 7.12. The molecule has 1 fully saturated rings. The number of morpholine rings is 1. The van der Waals surface area contributed by atoms with Crippen molar-refractivity contribution >= 4 is 39.2 Å². The smallest absolute Gasteiger partial charge is 0.366 e. The molecule has 0 spiro atoms. The summed E-state index contributed by atoms with van der Waals surface area (Å²) in [5, 5.41) is 0.337. The van der Waals surface area contributed by atoms with Crippen LogP contribution in [0.25, 0.3) is 0 Å². The third-order valence-electron chi connectivity index (χ3n) is 6.76. The van der Waals surface area contributed by atoms with Crippen LogP contribution in [-0.4, -0.2) is 45.5 Å². The maximum Gasteiger partial charge on any atom is 0.416 e. The van der Waals surface area contributed by atoms with E-state index in [1.807, 2.05) is 0 Å². The molecule has 0 aliphatic carbocycles. The topological polar surface area (TPSA) is 72.9 Å². The second kappa shape index (κ2) is 12.6. The van der Waals surface area contributed by atoms with Crippen molar-refractivity contribution < 1.29 is 48.5 Å². The maximum absolute atomic E-state index is 13.3. The van der Waals surface area contributed by atoms with Gasteiger partial charge in [-0.25, -0.2) is 0 Å². The Morgan fingerprint density at radius 1 is 0.907 bits per heavy atom. The van der Waals surface area contributed by atoms with Gasteiger partial charge < -0.3 is 9.64 Å². The predicted molar refractivity (Wildman–Crippen MR) is 145 cm³/mol. The van der Waals surface area contributed by atoms with Crippen LogP contribution in [0.4, 0.5) is 26.3 Å². The number of alkyl halides is 6. The van der Waals surface area contributed by atoms with Gasteiger partial charge in [0.25, 0.3) is 10.1 Å². The summed E-state index contributed by atoms with van der Waals surface area (Å²) in [5.74, 6) is -0.766. The fourth-order valence-electron chi connectivity index (χ4n) is 4.63. The van der Waals surface area contributed by atoms with Gasteiger partial charge in [-0.15, -0.1) is 0 Å². The number of carbonyl (C=O) groups excluding carboxylic acids is 1. The van der Waals surface area contributed by atoms with Gasteiger partial charge in [-0.05, 0) is 53.6 Å². The van der Waals surface area contributed by atoms with Gasteiger partial charge in [0.2, 0.25) is 5.91 Å². The van der Waals surface area contributed by atoms with E-state index in [-0.39, 0.29) is 47.1 Å². The number of nitrogens with zero attached hydrogens (tertiary/aromatic N) is 1. The van der Waals surface area contributed by atoms with Crippen molar-refractivity contribution in [3.63, 3.8) is 0 Å². The standard InChI is InChI=1S/C28H23Cl2F6NO5S/c29-23-7-6-19(16-24(23)30)26(8-10-42-43(39,40)22-4-2-1-3-5-22)17-37(9-11-41-26)25(38)14-18-12-20(27(31,32)33)15-21(13-18)28(34,35)36/h1-7,12-13,15-16H,8-11,14,17H2/t26-/m0/s1. The number of carbonyl (C=O) groups is 1. The molecule has 1 heterocycles. The summed E-state index contributed by atoms with van der Waals surface area (Å²) in [4.78, 5) is 14.4. The number of halogens is 8. The van der Waals surface area contributed by atoms with E-state index in [9.17, 15) is 39.6 Å². The number of benzene rings is 3. The van der Waals surface area contributed by atoms with Crippen LogP contribution in [0.15, 0.2) is 71.6 Å². The second-order valence-electron chi connectivity index (χ2n) is 9.72. The summed E-state index contributed by atoms with van der Waals surface area (Å²) in [6.07, 6.45) is -11.0. The van der Waals surface area contributed by atoms with Crippen molar-refractivity contribution in [2.24, 2.45) is 0 Å². The minimum atomic E-state index is -5.07. The lowest BCUT2D eigenvalue weighted by atomic mass is 9.88. The Morgan fingerprint density at radius 2 is 1.53 bits per heavy atom. The van der Waals surface area contributed by atoms with Crippen molar-refractivity contribution in [3.8, 4) is 0 Å². The van der Waals surface area contributed by atoms with E-state index in [2.05, 4.69) is 0 Å². The van der Waals surface area contributed by atoms with Crippen molar-refractivity contribution in [2.45, 2.75) is 35.7 Å². The van der Waals surface area contributed by atoms with Crippen molar-refractivity contribution in [1.29, 1.82) is 0 Å². The molecule has 6 nitrogen and oxygen atoms in total. The van der Waals surface area contributed by atoms with Crippen LogP contribution in [0.1, 0.15) is 28.7 Å². The molecule has 1 aliphatic rings. The zero-order valence-electron chi connectivity index (χ0n) is 22.0. The van der Waals surface area contributed by atoms with Gasteiger partial charge in [-0.3, -0.25) is 8.98 Å². The quantitative estimate of drug-likeness (QED) is 0.189. The first kappa shape index (κ1) is 33.1. The monoisotopic (exact) mass is 669 g/mol. The van der Waals surface area contributed by atoms with E-state index in [1.54, 1.807) is 12.1 Å². The lowest BCUT2D eigenvalue weighted by Gasteiger charge is -2.43. The number of hydrogen-bond donors (Lipinski definition) is 0.